The van der Waals surface area contributed by atoms with Gasteiger partial charge >= 0.3 is 0 Å². The lowest BCUT2D eigenvalue weighted by Gasteiger charge is -2.12. The van der Waals surface area contributed by atoms with E-state index in [1.807, 2.05) is 55.5 Å². The number of methoxy groups -OCH3 is 2. The van der Waals surface area contributed by atoms with Crippen LogP contribution in [0.1, 0.15) is 22.4 Å². The van der Waals surface area contributed by atoms with Crippen LogP contribution >= 0.6 is 0 Å². The molecule has 4 rings (SSSR count). The van der Waals surface area contributed by atoms with E-state index in [1.165, 1.54) is 6.08 Å². The second kappa shape index (κ2) is 11.6. The minimum absolute atomic E-state index is 0.350. The number of carbonyl (C=O) groups excluding carboxylic acids is 1. The lowest BCUT2D eigenvalue weighted by molar-refractivity contribution is -0.104. The number of hydrogen-bond acceptors (Lipinski definition) is 9. The summed E-state index contributed by atoms with van der Waals surface area (Å²) in [7, 11) is 3.27. The number of rotatable bonds is 11. The smallest absolute Gasteiger partial charge is 0.257 e. The highest BCUT2D eigenvalue weighted by atomic mass is 16.5. The zero-order valence-corrected chi connectivity index (χ0v) is 20.3. The predicted octanol–water partition coefficient (Wildman–Crippen LogP) is 3.82. The van der Waals surface area contributed by atoms with Crippen LogP contribution in [0.3, 0.4) is 0 Å². The van der Waals surface area contributed by atoms with Crippen LogP contribution in [0.4, 0.5) is 11.9 Å². The van der Waals surface area contributed by atoms with Gasteiger partial charge in [-0.3, -0.25) is 4.79 Å². The molecule has 0 spiro atoms. The Balaban J connectivity index is 1.59. The molecule has 2 heterocycles. The van der Waals surface area contributed by atoms with E-state index >= 15 is 0 Å². The number of carbonyl (C=O) groups is 1. The van der Waals surface area contributed by atoms with Crippen molar-refractivity contribution in [2.24, 2.45) is 0 Å². The molecule has 10 nitrogen and oxygen atoms in total. The van der Waals surface area contributed by atoms with Crippen molar-refractivity contribution in [2.45, 2.75) is 20.0 Å². The zero-order chi connectivity index (χ0) is 25.3. The Morgan fingerprint density at radius 2 is 1.36 bits per heavy atom. The van der Waals surface area contributed by atoms with Gasteiger partial charge in [-0.25, -0.2) is 4.68 Å². The summed E-state index contributed by atoms with van der Waals surface area (Å²) in [6, 6.07) is 15.5. The Morgan fingerprint density at radius 1 is 0.833 bits per heavy atom. The molecule has 0 aliphatic heterocycles. The van der Waals surface area contributed by atoms with E-state index in [0.29, 0.717) is 30.9 Å². The van der Waals surface area contributed by atoms with Gasteiger partial charge < -0.3 is 20.1 Å². The van der Waals surface area contributed by atoms with Crippen LogP contribution in [-0.4, -0.2) is 45.2 Å². The number of aromatic nitrogens is 5. The van der Waals surface area contributed by atoms with Gasteiger partial charge in [0.05, 0.1) is 26.1 Å². The van der Waals surface area contributed by atoms with Crippen LogP contribution in [0.5, 0.6) is 11.5 Å². The van der Waals surface area contributed by atoms with Gasteiger partial charge in [0.1, 0.15) is 17.8 Å². The van der Waals surface area contributed by atoms with E-state index in [0.717, 1.165) is 40.2 Å². The third-order valence-electron chi connectivity index (χ3n) is 5.43. The fraction of sp³-hybridized carbons (Fsp3) is 0.192. The minimum Gasteiger partial charge on any atom is -0.497 e. The highest BCUT2D eigenvalue weighted by Crippen LogP contribution is 2.18. The molecule has 184 valence electrons. The quantitative estimate of drug-likeness (QED) is 0.242. The Hall–Kier alpha value is -4.73. The van der Waals surface area contributed by atoms with E-state index < -0.39 is 0 Å². The van der Waals surface area contributed by atoms with Crippen molar-refractivity contribution >= 4 is 24.3 Å². The number of benzene rings is 2. The summed E-state index contributed by atoms with van der Waals surface area (Å²) in [4.78, 5) is 24.4. The fourth-order valence-corrected chi connectivity index (χ4v) is 3.40. The van der Waals surface area contributed by atoms with Crippen LogP contribution < -0.4 is 20.1 Å². The molecule has 0 atom stereocenters. The fourth-order valence-electron chi connectivity index (χ4n) is 3.40. The van der Waals surface area contributed by atoms with E-state index in [9.17, 15) is 4.79 Å². The molecule has 2 aromatic heterocycles. The number of nitrogens with zero attached hydrogens (tertiary/aromatic N) is 5. The molecule has 10 heteroatoms. The van der Waals surface area contributed by atoms with E-state index in [2.05, 4.69) is 30.7 Å². The summed E-state index contributed by atoms with van der Waals surface area (Å²) < 4.78 is 12.1. The Morgan fingerprint density at radius 3 is 1.83 bits per heavy atom. The first-order valence-corrected chi connectivity index (χ1v) is 11.3. The topological polar surface area (TPSA) is 116 Å². The number of anilines is 2. The number of nitrogens with one attached hydrogen (secondary N) is 2. The second-order valence-electron chi connectivity index (χ2n) is 7.78. The van der Waals surface area contributed by atoms with E-state index in [-0.39, 0.29) is 0 Å². The Labute approximate surface area is 209 Å². The van der Waals surface area contributed by atoms with Gasteiger partial charge in [-0.05, 0) is 54.5 Å². The van der Waals surface area contributed by atoms with Crippen molar-refractivity contribution in [2.75, 3.05) is 24.9 Å². The van der Waals surface area contributed by atoms with E-state index in [4.69, 9.17) is 9.47 Å². The number of allylic oxidation sites excluding steroid dienone is 1. The maximum absolute atomic E-state index is 10.7. The summed E-state index contributed by atoms with van der Waals surface area (Å²) in [5.41, 5.74) is 3.67. The van der Waals surface area contributed by atoms with Gasteiger partial charge in [0.15, 0.2) is 0 Å². The minimum atomic E-state index is 0.350. The average molecular weight is 486 g/mol. The monoisotopic (exact) mass is 485 g/mol. The molecule has 0 unspecified atom stereocenters. The molecule has 0 radical (unpaired) electrons. The van der Waals surface area contributed by atoms with Gasteiger partial charge in [-0.2, -0.15) is 20.1 Å². The van der Waals surface area contributed by atoms with Gasteiger partial charge in [-0.1, -0.05) is 24.3 Å². The second-order valence-corrected chi connectivity index (χ2v) is 7.78. The van der Waals surface area contributed by atoms with Crippen molar-refractivity contribution < 1.29 is 14.3 Å². The first-order chi connectivity index (χ1) is 17.6. The molecule has 2 aromatic carbocycles. The maximum atomic E-state index is 10.7. The average Bonchev–Trinajstić information content (AvgIpc) is 3.30. The molecule has 0 aliphatic rings. The number of hydrogen-bond donors (Lipinski definition) is 2. The Bertz CT molecular complexity index is 1260. The number of aldehydes is 1. The maximum Gasteiger partial charge on any atom is 0.257 e. The van der Waals surface area contributed by atoms with Gasteiger partial charge in [0.2, 0.25) is 11.9 Å². The molecule has 0 fully saturated rings. The summed E-state index contributed by atoms with van der Waals surface area (Å²) >= 11 is 0. The van der Waals surface area contributed by atoms with Crippen molar-refractivity contribution in [1.82, 2.24) is 24.7 Å². The van der Waals surface area contributed by atoms with Crippen LogP contribution in [0.15, 0.2) is 60.8 Å². The van der Waals surface area contributed by atoms with Crippen LogP contribution in [0, 0.1) is 6.92 Å². The Kier molecular flexibility index (Phi) is 7.87. The highest BCUT2D eigenvalue weighted by Gasteiger charge is 2.13. The first kappa shape index (κ1) is 24.4. The molecule has 0 bridgehead atoms. The van der Waals surface area contributed by atoms with Gasteiger partial charge in [0.25, 0.3) is 5.95 Å². The summed E-state index contributed by atoms with van der Waals surface area (Å²) in [5, 5.41) is 10.9. The van der Waals surface area contributed by atoms with Crippen molar-refractivity contribution in [3.63, 3.8) is 0 Å². The van der Waals surface area contributed by atoms with Crippen LogP contribution in [-0.2, 0) is 17.9 Å². The third-order valence-corrected chi connectivity index (χ3v) is 5.43. The molecule has 36 heavy (non-hydrogen) atoms. The first-order valence-electron chi connectivity index (χ1n) is 11.3. The van der Waals surface area contributed by atoms with Crippen molar-refractivity contribution in [1.29, 1.82) is 0 Å². The molecule has 2 N–H and O–H groups in total. The van der Waals surface area contributed by atoms with Crippen molar-refractivity contribution in [3.05, 3.63) is 83.2 Å². The van der Waals surface area contributed by atoms with Crippen LogP contribution in [0.25, 0.3) is 12.0 Å². The normalized spacial score (nSPS) is 10.9. The lowest BCUT2D eigenvalue weighted by Crippen LogP contribution is -2.14. The molecule has 0 saturated carbocycles. The standard InChI is InChI=1S/C26H27N7O3/c1-18-21(5-4-14-34)17-29-33(18)26-31-24(27-15-19-6-10-22(35-2)11-7-19)30-25(32-26)28-16-20-8-12-23(36-3)13-9-20/h4-14,17H,15-16H2,1-3H3,(H2,27,28,30,31,32)/b5-4+. The summed E-state index contributed by atoms with van der Waals surface area (Å²) in [6.45, 7) is 2.91. The molecule has 0 amide bonds. The predicted molar refractivity (Wildman–Crippen MR) is 137 cm³/mol. The molecule has 0 aliphatic carbocycles. The third kappa shape index (κ3) is 6.03. The molecule has 0 saturated heterocycles. The summed E-state index contributed by atoms with van der Waals surface area (Å²) in [6.07, 6.45) is 5.50. The zero-order valence-electron chi connectivity index (χ0n) is 20.3. The summed E-state index contributed by atoms with van der Waals surface area (Å²) in [5.74, 6) is 2.73. The van der Waals surface area contributed by atoms with Crippen LogP contribution in [0.2, 0.25) is 0 Å². The highest BCUT2D eigenvalue weighted by molar-refractivity contribution is 5.74. The van der Waals surface area contributed by atoms with E-state index in [1.54, 1.807) is 31.2 Å². The molecule has 4 aromatic rings. The van der Waals surface area contributed by atoms with Gasteiger partial charge in [-0.15, -0.1) is 0 Å². The molecular weight excluding hydrogens is 458 g/mol. The number of ether oxygens (including phenoxy) is 2. The SMILES string of the molecule is COc1ccc(CNc2nc(NCc3ccc(OC)cc3)nc(-n3ncc(/C=C/C=O)c3C)n2)cc1. The largest absolute Gasteiger partial charge is 0.497 e. The van der Waals surface area contributed by atoms with Crippen molar-refractivity contribution in [3.8, 4) is 17.4 Å². The lowest BCUT2D eigenvalue weighted by atomic mass is 10.2. The van der Waals surface area contributed by atoms with Gasteiger partial charge in [0, 0.05) is 18.7 Å². The molecular formula is C26H27N7O3.